The van der Waals surface area contributed by atoms with Crippen LogP contribution in [0.2, 0.25) is 4.34 Å². The molecule has 0 aliphatic rings. The van der Waals surface area contributed by atoms with Crippen LogP contribution in [0.4, 0.5) is 10.1 Å². The van der Waals surface area contributed by atoms with Crippen molar-refractivity contribution in [3.63, 3.8) is 0 Å². The molecule has 6 heteroatoms. The number of thiophene rings is 1. The normalized spacial score (nSPS) is 12.4. The lowest BCUT2D eigenvalue weighted by Gasteiger charge is -2.15. The van der Waals surface area contributed by atoms with Gasteiger partial charge < -0.3 is 10.4 Å². The summed E-state index contributed by atoms with van der Waals surface area (Å²) in [5.74, 6) is -0.289. The zero-order chi connectivity index (χ0) is 13.1. The van der Waals surface area contributed by atoms with Gasteiger partial charge in [-0.3, -0.25) is 0 Å². The van der Waals surface area contributed by atoms with Crippen molar-refractivity contribution in [3.05, 3.63) is 49.8 Å². The van der Waals surface area contributed by atoms with E-state index < -0.39 is 0 Å². The Morgan fingerprint density at radius 3 is 2.56 bits per heavy atom. The summed E-state index contributed by atoms with van der Waals surface area (Å²) in [6, 6.07) is 7.60. The number of benzene rings is 1. The third-order valence-electron chi connectivity index (χ3n) is 2.38. The van der Waals surface area contributed by atoms with E-state index in [9.17, 15) is 9.50 Å². The zero-order valence-electron chi connectivity index (χ0n) is 9.16. The van der Waals surface area contributed by atoms with Gasteiger partial charge in [-0.25, -0.2) is 4.39 Å². The highest BCUT2D eigenvalue weighted by atomic mass is 79.9. The zero-order valence-corrected chi connectivity index (χ0v) is 12.3. The van der Waals surface area contributed by atoms with E-state index in [4.69, 9.17) is 11.6 Å². The van der Waals surface area contributed by atoms with Crippen LogP contribution < -0.4 is 5.32 Å². The summed E-state index contributed by atoms with van der Waals surface area (Å²) in [6.45, 7) is -0.0688. The fourth-order valence-electron chi connectivity index (χ4n) is 1.49. The third kappa shape index (κ3) is 3.23. The molecule has 1 atom stereocenters. The minimum Gasteiger partial charge on any atom is -0.394 e. The summed E-state index contributed by atoms with van der Waals surface area (Å²) >= 11 is 10.7. The number of aliphatic hydroxyl groups is 1. The monoisotopic (exact) mass is 349 g/mol. The summed E-state index contributed by atoms with van der Waals surface area (Å²) in [5.41, 5.74) is 0.746. The number of anilines is 1. The maximum Gasteiger partial charge on any atom is 0.123 e. The van der Waals surface area contributed by atoms with Crippen molar-refractivity contribution >= 4 is 44.6 Å². The highest BCUT2D eigenvalue weighted by molar-refractivity contribution is 9.10. The van der Waals surface area contributed by atoms with Crippen molar-refractivity contribution in [2.24, 2.45) is 0 Å². The summed E-state index contributed by atoms with van der Waals surface area (Å²) < 4.78 is 14.2. The Labute approximate surface area is 122 Å². The summed E-state index contributed by atoms with van der Waals surface area (Å²) in [7, 11) is 0. The van der Waals surface area contributed by atoms with Crippen molar-refractivity contribution < 1.29 is 9.50 Å². The molecule has 1 aromatic carbocycles. The first-order valence-electron chi connectivity index (χ1n) is 5.18. The number of rotatable bonds is 4. The molecular weight excluding hydrogens is 341 g/mol. The van der Waals surface area contributed by atoms with E-state index in [-0.39, 0.29) is 18.5 Å². The van der Waals surface area contributed by atoms with Crippen molar-refractivity contribution in [2.45, 2.75) is 6.04 Å². The number of aliphatic hydroxyl groups excluding tert-OH is 1. The molecule has 2 rings (SSSR count). The van der Waals surface area contributed by atoms with Gasteiger partial charge in [0.2, 0.25) is 0 Å². The van der Waals surface area contributed by atoms with Gasteiger partial charge in [-0.05, 0) is 46.3 Å². The predicted molar refractivity (Wildman–Crippen MR) is 76.9 cm³/mol. The van der Waals surface area contributed by atoms with Gasteiger partial charge in [0, 0.05) is 15.0 Å². The van der Waals surface area contributed by atoms with E-state index >= 15 is 0 Å². The second-order valence-corrected chi connectivity index (χ2v) is 6.20. The van der Waals surface area contributed by atoms with E-state index in [2.05, 4.69) is 21.2 Å². The molecule has 2 nitrogen and oxygen atoms in total. The lowest BCUT2D eigenvalue weighted by atomic mass is 10.2. The van der Waals surface area contributed by atoms with Gasteiger partial charge in [-0.2, -0.15) is 0 Å². The van der Waals surface area contributed by atoms with Gasteiger partial charge in [0.1, 0.15) is 10.2 Å². The average Bonchev–Trinajstić information content (AvgIpc) is 2.69. The molecule has 2 N–H and O–H groups in total. The Morgan fingerprint density at radius 1 is 1.39 bits per heavy atom. The number of hydrogen-bond donors (Lipinski definition) is 2. The second-order valence-electron chi connectivity index (χ2n) is 3.66. The molecule has 0 saturated heterocycles. The topological polar surface area (TPSA) is 32.3 Å². The van der Waals surface area contributed by atoms with Crippen LogP contribution in [0, 0.1) is 5.82 Å². The fourth-order valence-corrected chi connectivity index (χ4v) is 3.27. The Bertz CT molecular complexity index is 512. The van der Waals surface area contributed by atoms with Crippen LogP contribution in [0.25, 0.3) is 0 Å². The van der Waals surface area contributed by atoms with Gasteiger partial charge in [-0.15, -0.1) is 11.3 Å². The molecule has 0 spiro atoms. The highest BCUT2D eigenvalue weighted by Crippen LogP contribution is 2.36. The molecule has 2 aromatic rings. The van der Waals surface area contributed by atoms with Crippen LogP contribution in [0.15, 0.2) is 34.8 Å². The first-order chi connectivity index (χ1) is 8.60. The van der Waals surface area contributed by atoms with E-state index in [1.165, 1.54) is 23.5 Å². The molecule has 0 fully saturated rings. The molecule has 1 heterocycles. The minimum atomic E-state index is -0.289. The molecule has 18 heavy (non-hydrogen) atoms. The number of hydrogen-bond acceptors (Lipinski definition) is 3. The molecule has 0 bridgehead atoms. The van der Waals surface area contributed by atoms with E-state index in [0.29, 0.717) is 4.34 Å². The molecule has 0 aliphatic heterocycles. The summed E-state index contributed by atoms with van der Waals surface area (Å²) in [6.07, 6.45) is 0. The maximum absolute atomic E-state index is 12.8. The Hall–Kier alpha value is -0.620. The minimum absolute atomic E-state index is 0.0688. The van der Waals surface area contributed by atoms with Crippen molar-refractivity contribution in [2.75, 3.05) is 11.9 Å². The standard InChI is InChI=1S/C12H10BrClFNOS/c13-9-5-11(18-12(9)14)10(6-17)16-8-3-1-7(15)2-4-8/h1-5,10,16-17H,6H2. The van der Waals surface area contributed by atoms with Crippen LogP contribution >= 0.6 is 38.9 Å². The molecule has 1 unspecified atom stereocenters. The van der Waals surface area contributed by atoms with Crippen molar-refractivity contribution in [1.29, 1.82) is 0 Å². The van der Waals surface area contributed by atoms with Crippen LogP contribution in [0.5, 0.6) is 0 Å². The Morgan fingerprint density at radius 2 is 2.06 bits per heavy atom. The lowest BCUT2D eigenvalue weighted by Crippen LogP contribution is -2.13. The number of halogens is 3. The molecule has 1 aromatic heterocycles. The van der Waals surface area contributed by atoms with Crippen molar-refractivity contribution in [3.8, 4) is 0 Å². The SMILES string of the molecule is OCC(Nc1ccc(F)cc1)c1cc(Br)c(Cl)s1. The van der Waals surface area contributed by atoms with E-state index in [0.717, 1.165) is 15.0 Å². The molecule has 0 aliphatic carbocycles. The molecule has 0 radical (unpaired) electrons. The van der Waals surface area contributed by atoms with Gasteiger partial charge in [0.25, 0.3) is 0 Å². The quantitative estimate of drug-likeness (QED) is 0.854. The fraction of sp³-hybridized carbons (Fsp3) is 0.167. The largest absolute Gasteiger partial charge is 0.394 e. The Balaban J connectivity index is 2.16. The van der Waals surface area contributed by atoms with Crippen LogP contribution in [-0.4, -0.2) is 11.7 Å². The predicted octanol–water partition coefficient (Wildman–Crippen LogP) is 4.45. The number of nitrogens with one attached hydrogen (secondary N) is 1. The van der Waals surface area contributed by atoms with Crippen LogP contribution in [0.1, 0.15) is 10.9 Å². The second kappa shape index (κ2) is 6.02. The third-order valence-corrected chi connectivity index (χ3v) is 4.96. The summed E-state index contributed by atoms with van der Waals surface area (Å²) in [5, 5.41) is 12.5. The van der Waals surface area contributed by atoms with Gasteiger partial charge in [0.05, 0.1) is 12.6 Å². The lowest BCUT2D eigenvalue weighted by molar-refractivity contribution is 0.277. The summed E-state index contributed by atoms with van der Waals surface area (Å²) in [4.78, 5) is 0.915. The molecule has 0 amide bonds. The van der Waals surface area contributed by atoms with Gasteiger partial charge in [-0.1, -0.05) is 11.6 Å². The van der Waals surface area contributed by atoms with Gasteiger partial charge in [0.15, 0.2) is 0 Å². The highest BCUT2D eigenvalue weighted by Gasteiger charge is 2.15. The Kier molecular flexibility index (Phi) is 4.61. The van der Waals surface area contributed by atoms with Crippen molar-refractivity contribution in [1.82, 2.24) is 0 Å². The first-order valence-corrected chi connectivity index (χ1v) is 7.16. The van der Waals surface area contributed by atoms with Crippen LogP contribution in [0.3, 0.4) is 0 Å². The molecule has 0 saturated carbocycles. The molecule has 96 valence electrons. The van der Waals surface area contributed by atoms with Crippen LogP contribution in [-0.2, 0) is 0 Å². The average molecular weight is 351 g/mol. The molecular formula is C12H10BrClFNOS. The smallest absolute Gasteiger partial charge is 0.123 e. The first kappa shape index (κ1) is 13.8. The maximum atomic E-state index is 12.8. The van der Waals surface area contributed by atoms with E-state index in [1.54, 1.807) is 12.1 Å². The van der Waals surface area contributed by atoms with E-state index in [1.807, 2.05) is 6.07 Å². The van der Waals surface area contributed by atoms with Gasteiger partial charge >= 0.3 is 0 Å².